The molecule has 1 saturated carbocycles. The number of halogens is 1. The second kappa shape index (κ2) is 17.9. The fraction of sp³-hybridized carbons (Fsp3) is 0.739. The predicted octanol–water partition coefficient (Wildman–Crippen LogP) is 5.94. The summed E-state index contributed by atoms with van der Waals surface area (Å²) in [6.07, 6.45) is 2.54. The summed E-state index contributed by atoms with van der Waals surface area (Å²) in [7, 11) is -3.72. The van der Waals surface area contributed by atoms with Crippen molar-refractivity contribution in [1.29, 1.82) is 0 Å². The zero-order valence-electron chi connectivity index (χ0n) is 21.0. The van der Waals surface area contributed by atoms with Crippen molar-refractivity contribution in [2.24, 2.45) is 11.8 Å². The zero-order chi connectivity index (χ0) is 26.2. The molecule has 0 aliphatic heterocycles. The van der Waals surface area contributed by atoms with Crippen molar-refractivity contribution >= 4 is 34.8 Å². The molecule has 4 atom stereocenters. The van der Waals surface area contributed by atoms with Crippen molar-refractivity contribution in [3.63, 3.8) is 0 Å². The Kier molecular flexibility index (Phi) is 15.8. The summed E-state index contributed by atoms with van der Waals surface area (Å²) in [4.78, 5) is 9.95. The first-order chi connectivity index (χ1) is 17.4. The third-order valence-corrected chi connectivity index (χ3v) is 7.85. The molecule has 0 N–H and O–H groups in total. The minimum atomic E-state index is -3.72. The Balaban J connectivity index is 2.20. The topological polar surface area (TPSA) is 98.8 Å². The Hall–Kier alpha value is -0.480. The highest BCUT2D eigenvalue weighted by atomic mass is 32.2. The van der Waals surface area contributed by atoms with Crippen LogP contribution in [0.3, 0.4) is 0 Å². The van der Waals surface area contributed by atoms with Crippen molar-refractivity contribution in [3.05, 3.63) is 35.6 Å². The van der Waals surface area contributed by atoms with E-state index < -0.39 is 16.2 Å². The van der Waals surface area contributed by atoms with E-state index in [1.807, 2.05) is 13.8 Å². The van der Waals surface area contributed by atoms with Gasteiger partial charge in [-0.25, -0.2) is 14.2 Å². The van der Waals surface area contributed by atoms with E-state index in [-0.39, 0.29) is 35.9 Å². The molecule has 0 spiro atoms. The molecular weight excluding hydrogens is 535 g/mol. The molecule has 2 rings (SSSR count). The van der Waals surface area contributed by atoms with Crippen LogP contribution in [0, 0.1) is 17.7 Å². The number of hydrogen-bond donors (Lipinski definition) is 0. The summed E-state index contributed by atoms with van der Waals surface area (Å²) in [5.41, 5.74) is 0.759. The Labute approximate surface area is 222 Å². The van der Waals surface area contributed by atoms with E-state index in [9.17, 15) is 12.8 Å². The number of benzene rings is 1. The molecule has 36 heavy (non-hydrogen) atoms. The normalized spacial score (nSPS) is 22.7. The van der Waals surface area contributed by atoms with Crippen molar-refractivity contribution in [3.8, 4) is 0 Å². The van der Waals surface area contributed by atoms with Crippen molar-refractivity contribution in [2.75, 3.05) is 32.2 Å². The summed E-state index contributed by atoms with van der Waals surface area (Å²) in [6.45, 7) is 7.08. The van der Waals surface area contributed by atoms with Gasteiger partial charge in [0.25, 0.3) is 10.1 Å². The van der Waals surface area contributed by atoms with Gasteiger partial charge in [0.05, 0.1) is 38.3 Å². The fourth-order valence-electron chi connectivity index (χ4n) is 4.06. The third kappa shape index (κ3) is 11.5. The molecule has 0 bridgehead atoms. The van der Waals surface area contributed by atoms with Gasteiger partial charge in [-0.05, 0) is 61.6 Å². The molecule has 1 aromatic carbocycles. The van der Waals surface area contributed by atoms with Gasteiger partial charge >= 0.3 is 0 Å². The summed E-state index contributed by atoms with van der Waals surface area (Å²) >= 11 is 1.47. The van der Waals surface area contributed by atoms with Crippen LogP contribution >= 0.6 is 24.6 Å². The van der Waals surface area contributed by atoms with Crippen molar-refractivity contribution < 1.29 is 43.8 Å². The van der Waals surface area contributed by atoms with Gasteiger partial charge < -0.3 is 0 Å². The quantitative estimate of drug-likeness (QED) is 0.0648. The van der Waals surface area contributed by atoms with E-state index in [4.69, 9.17) is 31.0 Å². The maximum absolute atomic E-state index is 13.7. The fourth-order valence-corrected chi connectivity index (χ4v) is 5.99. The van der Waals surface area contributed by atoms with E-state index in [2.05, 4.69) is 0 Å². The van der Waals surface area contributed by atoms with Gasteiger partial charge in [0.1, 0.15) is 5.82 Å². The molecule has 0 radical (unpaired) electrons. The molecule has 0 heterocycles. The van der Waals surface area contributed by atoms with Crippen LogP contribution < -0.4 is 0 Å². The minimum Gasteiger partial charge on any atom is -0.289 e. The predicted molar refractivity (Wildman–Crippen MR) is 136 cm³/mol. The first kappa shape index (κ1) is 31.7. The van der Waals surface area contributed by atoms with Gasteiger partial charge in [0, 0.05) is 5.92 Å². The lowest BCUT2D eigenvalue weighted by atomic mass is 9.68. The highest BCUT2D eigenvalue weighted by molar-refractivity contribution is 7.89. The third-order valence-electron chi connectivity index (χ3n) is 5.63. The Morgan fingerprint density at radius 1 is 0.889 bits per heavy atom. The smallest absolute Gasteiger partial charge is 0.267 e. The van der Waals surface area contributed by atoms with Crippen LogP contribution in [0.5, 0.6) is 0 Å². The minimum absolute atomic E-state index is 0.0341. The molecule has 0 aromatic heterocycles. The molecule has 0 saturated heterocycles. The molecule has 9 nitrogen and oxygen atoms in total. The first-order valence-corrected chi connectivity index (χ1v) is 15.1. The standard InChI is InChI=1S/C23H37FO9S3/c1-4-13-27-32-34-29-16-19-9-12-22(31-36(25,26)15-6-3)23(18-7-10-20(24)11-8-18)21(19)17-30-35-33-28-14-5-2/h7-8,10-11,19,21-23H,4-6,9,12-17H2,1-3H3/t19-,21-,22+,23+/m1/s1. The first-order valence-electron chi connectivity index (χ1n) is 12.2. The molecule has 1 aromatic rings. The van der Waals surface area contributed by atoms with Gasteiger partial charge in [0.15, 0.2) is 24.6 Å². The van der Waals surface area contributed by atoms with Gasteiger partial charge in [-0.2, -0.15) is 8.42 Å². The second-order valence-corrected chi connectivity index (χ2v) is 11.2. The van der Waals surface area contributed by atoms with Gasteiger partial charge in [-0.1, -0.05) is 32.9 Å². The summed E-state index contributed by atoms with van der Waals surface area (Å²) in [5.74, 6) is -1.11. The molecule has 1 aliphatic carbocycles. The average molecular weight is 573 g/mol. The lowest BCUT2D eigenvalue weighted by Gasteiger charge is -2.42. The average Bonchev–Trinajstić information content (AvgIpc) is 2.85. The summed E-state index contributed by atoms with van der Waals surface area (Å²) in [6, 6.07) is 6.03. The van der Waals surface area contributed by atoms with Crippen molar-refractivity contribution in [1.82, 2.24) is 0 Å². The molecular formula is C23H37FO9S3. The van der Waals surface area contributed by atoms with Crippen LogP contribution in [0.1, 0.15) is 64.4 Å². The second-order valence-electron chi connectivity index (χ2n) is 8.46. The zero-order valence-corrected chi connectivity index (χ0v) is 23.4. The van der Waals surface area contributed by atoms with Crippen LogP contribution in [-0.4, -0.2) is 46.7 Å². The van der Waals surface area contributed by atoms with Crippen LogP contribution in [0.2, 0.25) is 0 Å². The van der Waals surface area contributed by atoms with Crippen molar-refractivity contribution in [2.45, 2.75) is 64.9 Å². The maximum Gasteiger partial charge on any atom is 0.267 e. The maximum atomic E-state index is 13.7. The summed E-state index contributed by atoms with van der Waals surface area (Å²) < 4.78 is 65.8. The molecule has 208 valence electrons. The number of hydrogen-bond acceptors (Lipinski definition) is 11. The molecule has 0 unspecified atom stereocenters. The summed E-state index contributed by atoms with van der Waals surface area (Å²) in [5, 5.41) is 0. The SMILES string of the molecule is CCCOOSOC[C@H]1CC[C@H](OS(=O)(=O)CCC)[C@@H](c2ccc(F)cc2)[C@@H]1COSOOCCC. The van der Waals surface area contributed by atoms with E-state index in [1.54, 1.807) is 19.1 Å². The highest BCUT2D eigenvalue weighted by Gasteiger charge is 2.43. The monoisotopic (exact) mass is 572 g/mol. The van der Waals surface area contributed by atoms with Gasteiger partial charge in [-0.3, -0.25) is 12.5 Å². The Bertz CT molecular complexity index is 814. The van der Waals surface area contributed by atoms with Crippen LogP contribution in [-0.2, 0) is 41.1 Å². The van der Waals surface area contributed by atoms with Gasteiger partial charge in [0.2, 0.25) is 0 Å². The molecule has 0 amide bonds. The Morgan fingerprint density at radius 3 is 2.08 bits per heavy atom. The van der Waals surface area contributed by atoms with Crippen LogP contribution in [0.25, 0.3) is 0 Å². The molecule has 1 aliphatic rings. The lowest BCUT2D eigenvalue weighted by Crippen LogP contribution is -2.42. The highest BCUT2D eigenvalue weighted by Crippen LogP contribution is 2.44. The van der Waals surface area contributed by atoms with Crippen LogP contribution in [0.15, 0.2) is 24.3 Å². The molecule has 1 fully saturated rings. The van der Waals surface area contributed by atoms with E-state index in [0.717, 1.165) is 30.7 Å². The molecule has 13 heteroatoms. The number of rotatable bonds is 19. The largest absolute Gasteiger partial charge is 0.289 e. The van der Waals surface area contributed by atoms with E-state index in [1.165, 1.54) is 12.1 Å². The van der Waals surface area contributed by atoms with Gasteiger partial charge in [-0.15, -0.1) is 8.67 Å². The van der Waals surface area contributed by atoms with E-state index >= 15 is 0 Å². The Morgan fingerprint density at radius 2 is 1.50 bits per heavy atom. The van der Waals surface area contributed by atoms with E-state index in [0.29, 0.717) is 51.4 Å². The van der Waals surface area contributed by atoms with Crippen LogP contribution in [0.4, 0.5) is 4.39 Å². The lowest BCUT2D eigenvalue weighted by molar-refractivity contribution is -0.197.